The van der Waals surface area contributed by atoms with Gasteiger partial charge < -0.3 is 14.7 Å². The molecule has 0 spiro atoms. The molecule has 0 atom stereocenters. The van der Waals surface area contributed by atoms with E-state index >= 15 is 0 Å². The second kappa shape index (κ2) is 9.53. The van der Waals surface area contributed by atoms with Crippen LogP contribution in [0.15, 0.2) is 50.7 Å². The number of nitrogens with two attached hydrogens (primary N) is 1. The summed E-state index contributed by atoms with van der Waals surface area (Å²) < 4.78 is 36.0. The predicted octanol–water partition coefficient (Wildman–Crippen LogP) is 3.40. The molecule has 1 fully saturated rings. The maximum absolute atomic E-state index is 12.6. The highest BCUT2D eigenvalue weighted by Gasteiger charge is 2.36. The molecule has 168 valence electrons. The summed E-state index contributed by atoms with van der Waals surface area (Å²) >= 11 is 9.69. The first-order valence-electron chi connectivity index (χ1n) is 8.63. The molecular weight excluding hydrogens is 548 g/mol. The molecule has 3 amide bonds. The predicted molar refractivity (Wildman–Crippen MR) is 122 cm³/mol. The summed E-state index contributed by atoms with van der Waals surface area (Å²) in [4.78, 5) is 36.1. The van der Waals surface area contributed by atoms with Gasteiger partial charge in [0.25, 0.3) is 11.1 Å². The third kappa shape index (κ3) is 5.26. The van der Waals surface area contributed by atoms with Gasteiger partial charge in [0.05, 0.1) is 16.5 Å². The molecule has 32 heavy (non-hydrogen) atoms. The molecule has 13 heteroatoms. The van der Waals surface area contributed by atoms with Crippen LogP contribution in [0.1, 0.15) is 5.56 Å². The molecule has 0 radical (unpaired) electrons. The Labute approximate surface area is 200 Å². The monoisotopic (exact) mass is 560 g/mol. The van der Waals surface area contributed by atoms with E-state index in [4.69, 9.17) is 26.3 Å². The minimum Gasteiger partial charge on any atom is -0.493 e. The minimum atomic E-state index is -4.19. The van der Waals surface area contributed by atoms with Crippen molar-refractivity contribution in [3.8, 4) is 11.5 Å². The highest BCUT2D eigenvalue weighted by Crippen LogP contribution is 2.40. The molecular formula is C19H14BrClN2O7S2. The molecule has 2 aromatic rings. The molecule has 0 aliphatic carbocycles. The van der Waals surface area contributed by atoms with Crippen LogP contribution in [0.4, 0.5) is 4.79 Å². The molecule has 1 heterocycles. The molecule has 1 aliphatic heterocycles. The molecule has 2 N–H and O–H groups in total. The largest absolute Gasteiger partial charge is 0.493 e. The first-order valence-corrected chi connectivity index (χ1v) is 12.0. The van der Waals surface area contributed by atoms with E-state index in [9.17, 15) is 22.8 Å². The molecule has 0 saturated carbocycles. The summed E-state index contributed by atoms with van der Waals surface area (Å²) in [5, 5.41) is -0.257. The number of nitrogens with zero attached hydrogens (tertiary/aromatic N) is 1. The minimum absolute atomic E-state index is 0.0551. The highest BCUT2D eigenvalue weighted by molar-refractivity contribution is 9.10. The van der Waals surface area contributed by atoms with E-state index in [0.717, 1.165) is 4.90 Å². The van der Waals surface area contributed by atoms with Gasteiger partial charge in [-0.2, -0.15) is 8.42 Å². The fourth-order valence-electron chi connectivity index (χ4n) is 2.61. The Morgan fingerprint density at radius 3 is 2.50 bits per heavy atom. The third-order valence-electron chi connectivity index (χ3n) is 4.03. The lowest BCUT2D eigenvalue weighted by molar-refractivity contribution is -0.127. The highest BCUT2D eigenvalue weighted by atomic mass is 79.9. The number of methoxy groups -OCH3 is 1. The van der Waals surface area contributed by atoms with E-state index < -0.39 is 33.7 Å². The van der Waals surface area contributed by atoms with Crippen LogP contribution in [-0.2, 0) is 19.7 Å². The summed E-state index contributed by atoms with van der Waals surface area (Å²) in [6.45, 7) is -0.523. The van der Waals surface area contributed by atoms with Crippen LogP contribution in [0.2, 0.25) is 5.02 Å². The lowest BCUT2D eigenvalue weighted by Gasteiger charge is -2.13. The molecule has 1 aliphatic rings. The topological polar surface area (TPSA) is 133 Å². The molecule has 0 aromatic heterocycles. The Bertz CT molecular complexity index is 1250. The second-order valence-corrected chi connectivity index (χ2v) is 10.1. The van der Waals surface area contributed by atoms with Crippen LogP contribution in [-0.4, -0.2) is 44.0 Å². The average molecular weight is 562 g/mol. The maximum atomic E-state index is 12.6. The Balaban J connectivity index is 1.93. The van der Waals surface area contributed by atoms with Crippen LogP contribution < -0.4 is 14.7 Å². The summed E-state index contributed by atoms with van der Waals surface area (Å²) in [6.07, 6.45) is 1.40. The zero-order valence-electron chi connectivity index (χ0n) is 16.2. The summed E-state index contributed by atoms with van der Waals surface area (Å²) in [7, 11) is -2.88. The quantitative estimate of drug-likeness (QED) is 0.402. The van der Waals surface area contributed by atoms with Gasteiger partial charge in [-0.25, -0.2) is 0 Å². The van der Waals surface area contributed by atoms with Crippen molar-refractivity contribution in [1.82, 2.24) is 4.90 Å². The van der Waals surface area contributed by atoms with Crippen molar-refractivity contribution in [2.75, 3.05) is 13.7 Å². The average Bonchev–Trinajstić information content (AvgIpc) is 2.97. The Kier molecular flexibility index (Phi) is 7.18. The standard InChI is InChI=1S/C19H14BrClN2O7S2/c1-29-14-7-10(8-15-18(25)23(9-16(22)24)19(26)31-15)6-13(20)17(14)30-32(27,28)12-4-2-11(21)3-5-12/h2-8H,9H2,1H3,(H2,22,24)/b15-8-. The van der Waals surface area contributed by atoms with E-state index in [-0.39, 0.29) is 25.8 Å². The second-order valence-electron chi connectivity index (χ2n) is 6.26. The molecule has 3 rings (SSSR count). The SMILES string of the molecule is COc1cc(/C=C2\SC(=O)N(CC(N)=O)C2=O)cc(Br)c1OS(=O)(=O)c1ccc(Cl)cc1. The molecule has 1 saturated heterocycles. The van der Waals surface area contributed by atoms with Gasteiger partial charge in [0.2, 0.25) is 5.91 Å². The van der Waals surface area contributed by atoms with Crippen molar-refractivity contribution >= 4 is 72.5 Å². The lowest BCUT2D eigenvalue weighted by atomic mass is 10.2. The van der Waals surface area contributed by atoms with Crippen molar-refractivity contribution in [2.45, 2.75) is 4.90 Å². The van der Waals surface area contributed by atoms with Crippen molar-refractivity contribution in [3.05, 3.63) is 56.4 Å². The Morgan fingerprint density at radius 2 is 1.91 bits per heavy atom. The lowest BCUT2D eigenvalue weighted by Crippen LogP contribution is -2.36. The van der Waals surface area contributed by atoms with Gasteiger partial charge in [0.15, 0.2) is 11.5 Å². The van der Waals surface area contributed by atoms with Crippen LogP contribution >= 0.6 is 39.3 Å². The van der Waals surface area contributed by atoms with Crippen molar-refractivity contribution in [2.24, 2.45) is 5.73 Å². The van der Waals surface area contributed by atoms with Gasteiger partial charge in [-0.1, -0.05) is 11.6 Å². The van der Waals surface area contributed by atoms with Gasteiger partial charge in [-0.15, -0.1) is 0 Å². The van der Waals surface area contributed by atoms with Gasteiger partial charge in [-0.05, 0) is 75.7 Å². The molecule has 9 nitrogen and oxygen atoms in total. The number of amides is 3. The summed E-state index contributed by atoms with van der Waals surface area (Å²) in [6, 6.07) is 8.34. The van der Waals surface area contributed by atoms with Crippen molar-refractivity contribution in [3.63, 3.8) is 0 Å². The number of rotatable bonds is 7. The van der Waals surface area contributed by atoms with E-state index in [1.165, 1.54) is 49.6 Å². The smallest absolute Gasteiger partial charge is 0.339 e. The Morgan fingerprint density at radius 1 is 1.25 bits per heavy atom. The first-order chi connectivity index (χ1) is 15.0. The van der Waals surface area contributed by atoms with Crippen LogP contribution in [0.25, 0.3) is 6.08 Å². The normalized spacial score (nSPS) is 15.3. The number of hydrogen-bond donors (Lipinski definition) is 1. The molecule has 0 unspecified atom stereocenters. The van der Waals surface area contributed by atoms with Crippen LogP contribution in [0, 0.1) is 0 Å². The maximum Gasteiger partial charge on any atom is 0.339 e. The van der Waals surface area contributed by atoms with E-state index in [1.807, 2.05) is 0 Å². The van der Waals surface area contributed by atoms with Crippen molar-refractivity contribution < 1.29 is 31.7 Å². The molecule has 0 bridgehead atoms. The van der Waals surface area contributed by atoms with Gasteiger partial charge in [-0.3, -0.25) is 19.3 Å². The number of hydrogen-bond acceptors (Lipinski definition) is 8. The van der Waals surface area contributed by atoms with Gasteiger partial charge in [0, 0.05) is 5.02 Å². The van der Waals surface area contributed by atoms with Crippen molar-refractivity contribution in [1.29, 1.82) is 0 Å². The summed E-state index contributed by atoms with van der Waals surface area (Å²) in [5.74, 6) is -1.54. The number of ether oxygens (including phenoxy) is 1. The number of benzene rings is 2. The first kappa shape index (κ1) is 24.1. The van der Waals surface area contributed by atoms with Crippen LogP contribution in [0.3, 0.4) is 0 Å². The summed E-state index contributed by atoms with van der Waals surface area (Å²) in [5.41, 5.74) is 5.47. The third-order valence-corrected chi connectivity index (χ3v) is 7.02. The van der Waals surface area contributed by atoms with E-state index in [2.05, 4.69) is 15.9 Å². The number of carbonyl (C=O) groups excluding carboxylic acids is 3. The van der Waals surface area contributed by atoms with Gasteiger partial charge in [0.1, 0.15) is 11.4 Å². The van der Waals surface area contributed by atoms with Crippen LogP contribution in [0.5, 0.6) is 11.5 Å². The zero-order chi connectivity index (χ0) is 23.6. The van der Waals surface area contributed by atoms with E-state index in [1.54, 1.807) is 0 Å². The number of imide groups is 1. The Hall–Kier alpha value is -2.54. The number of carbonyl (C=O) groups is 3. The fraction of sp³-hybridized carbons (Fsp3) is 0.105. The number of primary amides is 1. The zero-order valence-corrected chi connectivity index (χ0v) is 20.2. The van der Waals surface area contributed by atoms with Gasteiger partial charge >= 0.3 is 10.1 Å². The number of thioether (sulfide) groups is 1. The fourth-order valence-corrected chi connectivity index (χ4v) is 5.18. The van der Waals surface area contributed by atoms with E-state index in [0.29, 0.717) is 22.3 Å². The molecule has 2 aromatic carbocycles. The number of halogens is 2.